The minimum Gasteiger partial charge on any atom is -0.360 e. The maximum Gasteiger partial charge on any atom is 0.416 e. The van der Waals surface area contributed by atoms with E-state index >= 15 is 0 Å². The molecule has 0 bridgehead atoms. The standard InChI is InChI=1S/C19H8F12N2O2S/c20-16(21,22)9-1-10(17(23,24)25)4-13(3-9)33-8-15(7-32)36(34,35)14-5-11(18(26,27)28)2-12(6-14)19(29,30)31/h1-6,8,33H. The molecule has 2 aromatic rings. The quantitative estimate of drug-likeness (QED) is 0.325. The van der Waals surface area contributed by atoms with Gasteiger partial charge in [0.25, 0.3) is 0 Å². The lowest BCUT2D eigenvalue weighted by molar-refractivity contribution is -0.144. The Morgan fingerprint density at radius 1 is 0.667 bits per heavy atom. The molecule has 36 heavy (non-hydrogen) atoms. The van der Waals surface area contributed by atoms with Gasteiger partial charge >= 0.3 is 24.7 Å². The van der Waals surface area contributed by atoms with Gasteiger partial charge in [0.2, 0.25) is 9.84 Å². The molecule has 0 aliphatic carbocycles. The number of allylic oxidation sites excluding steroid dienone is 1. The molecular weight excluding hydrogens is 548 g/mol. The third-order valence-electron chi connectivity index (χ3n) is 4.23. The summed E-state index contributed by atoms with van der Waals surface area (Å²) in [6, 6.07) is 0.0130. The number of rotatable bonds is 4. The molecule has 0 saturated heterocycles. The van der Waals surface area contributed by atoms with Crippen molar-refractivity contribution in [2.75, 3.05) is 5.32 Å². The maximum absolute atomic E-state index is 13.0. The molecule has 0 aliphatic heterocycles. The largest absolute Gasteiger partial charge is 0.416 e. The van der Waals surface area contributed by atoms with Gasteiger partial charge in [-0.2, -0.15) is 57.9 Å². The Bertz CT molecular complexity index is 1260. The van der Waals surface area contributed by atoms with E-state index in [1.807, 2.05) is 0 Å². The number of nitriles is 1. The highest BCUT2D eigenvalue weighted by atomic mass is 32.2. The van der Waals surface area contributed by atoms with Gasteiger partial charge in [0.05, 0.1) is 27.1 Å². The van der Waals surface area contributed by atoms with E-state index in [0.717, 1.165) is 6.07 Å². The van der Waals surface area contributed by atoms with Crippen molar-refractivity contribution in [1.82, 2.24) is 0 Å². The van der Waals surface area contributed by atoms with E-state index in [4.69, 9.17) is 5.26 Å². The summed E-state index contributed by atoms with van der Waals surface area (Å²) in [4.78, 5) is -3.26. The van der Waals surface area contributed by atoms with Gasteiger partial charge in [0, 0.05) is 11.9 Å². The molecule has 17 heteroatoms. The molecule has 0 atom stereocenters. The van der Waals surface area contributed by atoms with Crippen molar-refractivity contribution < 1.29 is 61.1 Å². The van der Waals surface area contributed by atoms with Crippen molar-refractivity contribution in [2.45, 2.75) is 29.6 Å². The summed E-state index contributed by atoms with van der Waals surface area (Å²) in [5.41, 5.74) is -8.80. The lowest BCUT2D eigenvalue weighted by Gasteiger charge is -2.15. The van der Waals surface area contributed by atoms with E-state index in [1.54, 1.807) is 5.32 Å². The molecule has 2 rings (SSSR count). The van der Waals surface area contributed by atoms with Crippen LogP contribution in [0.15, 0.2) is 52.4 Å². The van der Waals surface area contributed by atoms with Gasteiger partial charge in [-0.15, -0.1) is 0 Å². The average molecular weight is 556 g/mol. The SMILES string of the molecule is N#CC(=CNc1cc(C(F)(F)F)cc(C(F)(F)F)c1)S(=O)(=O)c1cc(C(F)(F)F)cc(C(F)(F)F)c1. The van der Waals surface area contributed by atoms with Gasteiger partial charge in [-0.1, -0.05) is 0 Å². The fourth-order valence-electron chi connectivity index (χ4n) is 2.57. The first kappa shape index (κ1) is 28.8. The maximum atomic E-state index is 13.0. The number of nitrogens with one attached hydrogen (secondary N) is 1. The highest BCUT2D eigenvalue weighted by molar-refractivity contribution is 7.95. The summed E-state index contributed by atoms with van der Waals surface area (Å²) in [6.07, 6.45) is -21.5. The van der Waals surface area contributed by atoms with Gasteiger partial charge in [-0.3, -0.25) is 0 Å². The summed E-state index contributed by atoms with van der Waals surface area (Å²) in [7, 11) is -5.47. The van der Waals surface area contributed by atoms with Crippen LogP contribution in [0.4, 0.5) is 58.4 Å². The van der Waals surface area contributed by atoms with Gasteiger partial charge < -0.3 is 5.32 Å². The van der Waals surface area contributed by atoms with Crippen LogP contribution in [0.2, 0.25) is 0 Å². The minimum absolute atomic E-state index is 0.0263. The topological polar surface area (TPSA) is 70.0 Å². The van der Waals surface area contributed by atoms with Crippen LogP contribution in [0, 0.1) is 11.3 Å². The van der Waals surface area contributed by atoms with E-state index in [-0.39, 0.29) is 36.5 Å². The van der Waals surface area contributed by atoms with E-state index < -0.39 is 78.4 Å². The second-order valence-corrected chi connectivity index (χ2v) is 8.72. The average Bonchev–Trinajstić information content (AvgIpc) is 2.71. The van der Waals surface area contributed by atoms with E-state index in [9.17, 15) is 61.1 Å². The predicted molar refractivity (Wildman–Crippen MR) is 97.4 cm³/mol. The highest BCUT2D eigenvalue weighted by Gasteiger charge is 2.39. The zero-order chi connectivity index (χ0) is 27.9. The summed E-state index contributed by atoms with van der Waals surface area (Å²) in [5, 5.41) is 10.8. The molecule has 1 N–H and O–H groups in total. The Labute approximate surface area is 193 Å². The number of halogens is 12. The van der Waals surface area contributed by atoms with Crippen molar-refractivity contribution in [3.05, 3.63) is 69.8 Å². The van der Waals surface area contributed by atoms with Crippen molar-refractivity contribution in [3.63, 3.8) is 0 Å². The zero-order valence-electron chi connectivity index (χ0n) is 16.7. The number of anilines is 1. The summed E-state index contributed by atoms with van der Waals surface area (Å²) >= 11 is 0. The Balaban J connectivity index is 2.64. The van der Waals surface area contributed by atoms with E-state index in [1.165, 1.54) is 0 Å². The van der Waals surface area contributed by atoms with Crippen LogP contribution in [0.5, 0.6) is 0 Å². The number of sulfone groups is 1. The first-order valence-corrected chi connectivity index (χ1v) is 10.3. The third-order valence-corrected chi connectivity index (χ3v) is 5.87. The molecule has 0 amide bonds. The van der Waals surface area contributed by atoms with Crippen LogP contribution < -0.4 is 5.32 Å². The predicted octanol–water partition coefficient (Wildman–Crippen LogP) is 7.01. The number of hydrogen-bond acceptors (Lipinski definition) is 4. The van der Waals surface area contributed by atoms with Crippen LogP contribution in [-0.2, 0) is 34.5 Å². The fraction of sp³-hybridized carbons (Fsp3) is 0.211. The molecule has 0 aliphatic rings. The lowest BCUT2D eigenvalue weighted by atomic mass is 10.1. The smallest absolute Gasteiger partial charge is 0.360 e. The van der Waals surface area contributed by atoms with Crippen LogP contribution in [-0.4, -0.2) is 8.42 Å². The van der Waals surface area contributed by atoms with Crippen molar-refractivity contribution in [2.24, 2.45) is 0 Å². The van der Waals surface area contributed by atoms with Gasteiger partial charge in [0.1, 0.15) is 6.07 Å². The third kappa shape index (κ3) is 6.62. The molecule has 0 saturated carbocycles. The van der Waals surface area contributed by atoms with E-state index in [0.29, 0.717) is 0 Å². The molecule has 0 radical (unpaired) electrons. The second kappa shape index (κ2) is 9.22. The first-order valence-electron chi connectivity index (χ1n) is 8.77. The van der Waals surface area contributed by atoms with Gasteiger partial charge in [-0.25, -0.2) is 8.42 Å². The molecule has 0 spiro atoms. The fourth-order valence-corrected chi connectivity index (χ4v) is 3.72. The molecule has 196 valence electrons. The summed E-state index contributed by atoms with van der Waals surface area (Å²) in [6.45, 7) is 0. The Kier molecular flexibility index (Phi) is 7.38. The number of nitrogens with zero attached hydrogens (tertiary/aromatic N) is 1. The van der Waals surface area contributed by atoms with E-state index in [2.05, 4.69) is 0 Å². The van der Waals surface area contributed by atoms with Crippen molar-refractivity contribution in [3.8, 4) is 6.07 Å². The number of benzene rings is 2. The second-order valence-electron chi connectivity index (χ2n) is 6.80. The summed E-state index contributed by atoms with van der Waals surface area (Å²) in [5.74, 6) is 0. The molecule has 0 unspecified atom stereocenters. The van der Waals surface area contributed by atoms with Crippen LogP contribution >= 0.6 is 0 Å². The van der Waals surface area contributed by atoms with Crippen molar-refractivity contribution in [1.29, 1.82) is 5.26 Å². The van der Waals surface area contributed by atoms with Crippen molar-refractivity contribution >= 4 is 15.5 Å². The number of hydrogen-bond donors (Lipinski definition) is 1. The molecule has 4 nitrogen and oxygen atoms in total. The Morgan fingerprint density at radius 3 is 1.31 bits per heavy atom. The zero-order valence-corrected chi connectivity index (χ0v) is 17.6. The first-order chi connectivity index (χ1) is 16.1. The molecular formula is C19H8F12N2O2S. The molecule has 2 aromatic carbocycles. The van der Waals surface area contributed by atoms with Crippen LogP contribution in [0.3, 0.4) is 0 Å². The number of alkyl halides is 12. The van der Waals surface area contributed by atoms with Crippen LogP contribution in [0.1, 0.15) is 22.3 Å². The van der Waals surface area contributed by atoms with Crippen LogP contribution in [0.25, 0.3) is 0 Å². The molecule has 0 heterocycles. The minimum atomic E-state index is -5.47. The lowest BCUT2D eigenvalue weighted by Crippen LogP contribution is -2.14. The van der Waals surface area contributed by atoms with Gasteiger partial charge in [0.15, 0.2) is 4.91 Å². The summed E-state index contributed by atoms with van der Waals surface area (Å²) < 4.78 is 181. The normalized spacial score (nSPS) is 13.9. The highest BCUT2D eigenvalue weighted by Crippen LogP contribution is 2.39. The Hall–Kier alpha value is -3.42. The monoisotopic (exact) mass is 556 g/mol. The van der Waals surface area contributed by atoms with Gasteiger partial charge in [-0.05, 0) is 36.4 Å². The molecule has 0 fully saturated rings. The Morgan fingerprint density at radius 2 is 1.00 bits per heavy atom. The molecule has 0 aromatic heterocycles.